The molecule has 0 amide bonds. The van der Waals surface area contributed by atoms with Gasteiger partial charge in [-0.05, 0) is 45.4 Å². The molecule has 1 atom stereocenters. The Balaban J connectivity index is 2.19. The highest BCUT2D eigenvalue weighted by Crippen LogP contribution is 2.25. The maximum atomic E-state index is 12.2. The van der Waals surface area contributed by atoms with Crippen molar-refractivity contribution < 1.29 is 22.7 Å². The van der Waals surface area contributed by atoms with Crippen molar-refractivity contribution in [3.05, 3.63) is 24.4 Å². The summed E-state index contributed by atoms with van der Waals surface area (Å²) in [5, 5.41) is 5.28. The second-order valence-electron chi connectivity index (χ2n) is 6.30. The minimum Gasteiger partial charge on any atom is -0.481 e. The van der Waals surface area contributed by atoms with Crippen molar-refractivity contribution in [2.45, 2.75) is 38.5 Å². The van der Waals surface area contributed by atoms with Crippen molar-refractivity contribution in [2.24, 2.45) is 0 Å². The summed E-state index contributed by atoms with van der Waals surface area (Å²) >= 11 is 0. The van der Waals surface area contributed by atoms with Crippen LogP contribution >= 0.6 is 0 Å². The van der Waals surface area contributed by atoms with Crippen LogP contribution in [0.1, 0.15) is 27.2 Å². The fraction of sp³-hybridized carbons (Fsp3) is 0.474. The molecule has 27 heavy (non-hydrogen) atoms. The zero-order valence-electron chi connectivity index (χ0n) is 16.0. The Hall–Kier alpha value is -2.53. The predicted octanol–water partition coefficient (Wildman–Crippen LogP) is 2.19. The summed E-state index contributed by atoms with van der Waals surface area (Å²) in [7, 11) is -3.65. The predicted molar refractivity (Wildman–Crippen MR) is 103 cm³/mol. The van der Waals surface area contributed by atoms with Crippen LogP contribution in [0.25, 0.3) is 10.9 Å². The van der Waals surface area contributed by atoms with Gasteiger partial charge in [-0.3, -0.25) is 9.48 Å². The van der Waals surface area contributed by atoms with Crippen LogP contribution in [-0.2, 0) is 25.9 Å². The van der Waals surface area contributed by atoms with Crippen molar-refractivity contribution in [2.75, 3.05) is 19.5 Å². The molecule has 0 aliphatic heterocycles. The number of sulfone groups is 1. The second kappa shape index (κ2) is 8.44. The van der Waals surface area contributed by atoms with Crippen molar-refractivity contribution in [1.29, 1.82) is 0 Å². The lowest BCUT2D eigenvalue weighted by molar-refractivity contribution is -0.146. The van der Waals surface area contributed by atoms with E-state index < -0.39 is 20.6 Å². The SMILES string of the molecule is CC#CCOc1ccc2nn(CC[C@@](C)(C(=O)OCC)S(C)(=O)=O)cc2c1. The maximum absolute atomic E-state index is 12.2. The molecular formula is C19H24N2O5S. The number of benzene rings is 1. The number of hydrogen-bond donors (Lipinski definition) is 0. The first-order chi connectivity index (χ1) is 12.7. The van der Waals surface area contributed by atoms with Gasteiger partial charge in [-0.15, -0.1) is 5.92 Å². The fourth-order valence-corrected chi connectivity index (χ4v) is 3.33. The number of hydrogen-bond acceptors (Lipinski definition) is 6. The van der Waals surface area contributed by atoms with Gasteiger partial charge in [-0.2, -0.15) is 5.10 Å². The molecule has 7 nitrogen and oxygen atoms in total. The van der Waals surface area contributed by atoms with Crippen LogP contribution in [0.5, 0.6) is 5.75 Å². The zero-order valence-corrected chi connectivity index (χ0v) is 16.8. The third kappa shape index (κ3) is 4.80. The molecule has 0 aliphatic rings. The monoisotopic (exact) mass is 392 g/mol. The van der Waals surface area contributed by atoms with E-state index in [1.54, 1.807) is 30.8 Å². The van der Waals surface area contributed by atoms with Crippen LogP contribution in [-0.4, -0.2) is 48.4 Å². The van der Waals surface area contributed by atoms with E-state index in [1.807, 2.05) is 12.1 Å². The molecule has 0 N–H and O–H groups in total. The summed E-state index contributed by atoms with van der Waals surface area (Å²) in [5.74, 6) is 5.53. The number of esters is 1. The standard InChI is InChI=1S/C19H24N2O5S/c1-5-7-12-26-16-8-9-17-15(13-16)14-21(20-17)11-10-19(3,27(4,23)24)18(22)25-6-2/h8-9,13-14H,6,10-12H2,1-4H3/t19-/m0/s1. The molecule has 0 unspecified atom stereocenters. The summed E-state index contributed by atoms with van der Waals surface area (Å²) in [6.07, 6.45) is 2.90. The summed E-state index contributed by atoms with van der Waals surface area (Å²) in [5.41, 5.74) is 0.751. The van der Waals surface area contributed by atoms with E-state index >= 15 is 0 Å². The average molecular weight is 392 g/mol. The van der Waals surface area contributed by atoms with Gasteiger partial charge >= 0.3 is 5.97 Å². The third-order valence-electron chi connectivity index (χ3n) is 4.35. The summed E-state index contributed by atoms with van der Waals surface area (Å²) < 4.78 is 34.9. The largest absolute Gasteiger partial charge is 0.481 e. The zero-order chi connectivity index (χ0) is 20.1. The molecular weight excluding hydrogens is 368 g/mol. The number of rotatable bonds is 8. The number of carbonyl (C=O) groups excluding carboxylic acids is 1. The Labute approximate surface area is 159 Å². The van der Waals surface area contributed by atoms with E-state index in [-0.39, 0.29) is 19.6 Å². The topological polar surface area (TPSA) is 87.5 Å². The fourth-order valence-electron chi connectivity index (χ4n) is 2.50. The smallest absolute Gasteiger partial charge is 0.327 e. The van der Waals surface area contributed by atoms with Gasteiger partial charge in [0.2, 0.25) is 0 Å². The highest BCUT2D eigenvalue weighted by Gasteiger charge is 2.44. The van der Waals surface area contributed by atoms with Crippen molar-refractivity contribution in [3.63, 3.8) is 0 Å². The van der Waals surface area contributed by atoms with Crippen LogP contribution in [0, 0.1) is 11.8 Å². The van der Waals surface area contributed by atoms with Gasteiger partial charge in [0.15, 0.2) is 14.6 Å². The number of aromatic nitrogens is 2. The Morgan fingerprint density at radius 3 is 2.74 bits per heavy atom. The first kappa shape index (κ1) is 20.8. The summed E-state index contributed by atoms with van der Waals surface area (Å²) in [6, 6.07) is 5.47. The Bertz CT molecular complexity index is 984. The molecule has 1 heterocycles. The highest BCUT2D eigenvalue weighted by molar-refractivity contribution is 7.92. The van der Waals surface area contributed by atoms with E-state index in [0.29, 0.717) is 12.4 Å². The first-order valence-electron chi connectivity index (χ1n) is 8.57. The molecule has 0 fully saturated rings. The van der Waals surface area contributed by atoms with Crippen LogP contribution in [0.15, 0.2) is 24.4 Å². The lowest BCUT2D eigenvalue weighted by Crippen LogP contribution is -2.45. The third-order valence-corrected chi connectivity index (χ3v) is 6.36. The second-order valence-corrected chi connectivity index (χ2v) is 8.75. The van der Waals surface area contributed by atoms with Crippen molar-refractivity contribution in [3.8, 4) is 17.6 Å². The van der Waals surface area contributed by atoms with E-state index in [9.17, 15) is 13.2 Å². The van der Waals surface area contributed by atoms with Gasteiger partial charge in [-0.1, -0.05) is 5.92 Å². The minimum atomic E-state index is -3.65. The number of ether oxygens (including phenoxy) is 2. The number of nitrogens with zero attached hydrogens (tertiary/aromatic N) is 2. The van der Waals surface area contributed by atoms with Crippen molar-refractivity contribution >= 4 is 26.7 Å². The normalized spacial score (nSPS) is 13.5. The molecule has 0 spiro atoms. The van der Waals surface area contributed by atoms with E-state index in [0.717, 1.165) is 17.2 Å². The molecule has 2 aromatic rings. The van der Waals surface area contributed by atoms with Crippen LogP contribution < -0.4 is 4.74 Å². The average Bonchev–Trinajstić information content (AvgIpc) is 3.01. The number of aryl methyl sites for hydroxylation is 1. The number of carbonyl (C=O) groups is 1. The highest BCUT2D eigenvalue weighted by atomic mass is 32.2. The van der Waals surface area contributed by atoms with Gasteiger partial charge in [0.25, 0.3) is 0 Å². The quantitative estimate of drug-likeness (QED) is 0.506. The van der Waals surface area contributed by atoms with Crippen LogP contribution in [0.4, 0.5) is 0 Å². The molecule has 8 heteroatoms. The van der Waals surface area contributed by atoms with Gasteiger partial charge in [0, 0.05) is 24.4 Å². The molecule has 1 aromatic heterocycles. The molecule has 0 bridgehead atoms. The minimum absolute atomic E-state index is 0.0636. The van der Waals surface area contributed by atoms with Gasteiger partial charge < -0.3 is 9.47 Å². The van der Waals surface area contributed by atoms with Crippen LogP contribution in [0.3, 0.4) is 0 Å². The van der Waals surface area contributed by atoms with E-state index in [2.05, 4.69) is 16.9 Å². The molecule has 2 rings (SSSR count). The molecule has 146 valence electrons. The van der Waals surface area contributed by atoms with E-state index in [1.165, 1.54) is 6.92 Å². The number of fused-ring (bicyclic) bond motifs is 1. The lowest BCUT2D eigenvalue weighted by Gasteiger charge is -2.25. The Morgan fingerprint density at radius 1 is 1.37 bits per heavy atom. The molecule has 0 aliphatic carbocycles. The summed E-state index contributed by atoms with van der Waals surface area (Å²) in [6.45, 7) is 5.48. The summed E-state index contributed by atoms with van der Waals surface area (Å²) in [4.78, 5) is 12.2. The van der Waals surface area contributed by atoms with Gasteiger partial charge in [0.05, 0.1) is 12.1 Å². The maximum Gasteiger partial charge on any atom is 0.327 e. The van der Waals surface area contributed by atoms with Gasteiger partial charge in [0.1, 0.15) is 12.4 Å². The molecule has 0 saturated heterocycles. The Morgan fingerprint density at radius 2 is 2.11 bits per heavy atom. The molecule has 0 saturated carbocycles. The van der Waals surface area contributed by atoms with Crippen LogP contribution in [0.2, 0.25) is 0 Å². The molecule has 0 radical (unpaired) electrons. The van der Waals surface area contributed by atoms with E-state index in [4.69, 9.17) is 9.47 Å². The first-order valence-corrected chi connectivity index (χ1v) is 10.5. The van der Waals surface area contributed by atoms with Crippen molar-refractivity contribution in [1.82, 2.24) is 9.78 Å². The molecule has 1 aromatic carbocycles. The lowest BCUT2D eigenvalue weighted by atomic mass is 10.1. The Kier molecular flexibility index (Phi) is 6.50. The van der Waals surface area contributed by atoms with Gasteiger partial charge in [-0.25, -0.2) is 8.42 Å².